The third-order valence-corrected chi connectivity index (χ3v) is 5.21. The van der Waals surface area contributed by atoms with Gasteiger partial charge in [-0.3, -0.25) is 4.79 Å². The van der Waals surface area contributed by atoms with Crippen LogP contribution in [0.5, 0.6) is 0 Å². The number of nitrogens with zero attached hydrogens (tertiary/aromatic N) is 3. The van der Waals surface area contributed by atoms with Gasteiger partial charge in [0.25, 0.3) is 5.03 Å². The summed E-state index contributed by atoms with van der Waals surface area (Å²) in [5.41, 5.74) is 2.57. The molecule has 2 aromatic heterocycles. The molecule has 0 aliphatic rings. The number of carbonyl (C=O) groups excluding carboxylic acids is 1. The minimum absolute atomic E-state index is 0.118. The predicted octanol–water partition coefficient (Wildman–Crippen LogP) is 3.90. The van der Waals surface area contributed by atoms with E-state index in [1.165, 1.54) is 18.0 Å². The Labute approximate surface area is 172 Å². The van der Waals surface area contributed by atoms with Gasteiger partial charge in [-0.1, -0.05) is 48.5 Å². The van der Waals surface area contributed by atoms with Gasteiger partial charge in [0.2, 0.25) is 5.91 Å². The van der Waals surface area contributed by atoms with Crippen molar-refractivity contribution in [2.24, 2.45) is 0 Å². The average molecular weight is 402 g/mol. The summed E-state index contributed by atoms with van der Waals surface area (Å²) in [7, 11) is 0. The Hall–Kier alpha value is -3.58. The van der Waals surface area contributed by atoms with E-state index >= 15 is 0 Å². The molecule has 0 fully saturated rings. The van der Waals surface area contributed by atoms with Crippen molar-refractivity contribution in [3.63, 3.8) is 0 Å². The number of aromatic nitrogens is 3. The van der Waals surface area contributed by atoms with Crippen LogP contribution in [-0.2, 0) is 4.79 Å². The summed E-state index contributed by atoms with van der Waals surface area (Å²) in [6.45, 7) is 0. The zero-order chi connectivity index (χ0) is 20.1. The fourth-order valence-corrected chi connectivity index (χ4v) is 3.54. The minimum Gasteiger partial charge on any atom is -0.618 e. The third kappa shape index (κ3) is 4.47. The topological polar surface area (TPSA) is 73.9 Å². The molecule has 29 heavy (non-hydrogen) atoms. The van der Waals surface area contributed by atoms with Gasteiger partial charge in [0.05, 0.1) is 17.1 Å². The number of pyridine rings is 1. The number of para-hydroxylation sites is 1. The molecule has 6 nitrogen and oxygen atoms in total. The highest BCUT2D eigenvalue weighted by molar-refractivity contribution is 7.99. The Morgan fingerprint density at radius 1 is 1.00 bits per heavy atom. The second-order valence-electron chi connectivity index (χ2n) is 6.23. The van der Waals surface area contributed by atoms with Gasteiger partial charge in [-0.15, -0.1) is 0 Å². The van der Waals surface area contributed by atoms with Crippen molar-refractivity contribution >= 4 is 23.5 Å². The van der Waals surface area contributed by atoms with Crippen LogP contribution in [0.3, 0.4) is 0 Å². The molecule has 7 heteroatoms. The molecule has 0 aliphatic carbocycles. The highest BCUT2D eigenvalue weighted by Crippen LogP contribution is 2.25. The van der Waals surface area contributed by atoms with Crippen molar-refractivity contribution in [1.82, 2.24) is 9.78 Å². The van der Waals surface area contributed by atoms with Crippen LogP contribution in [0.15, 0.2) is 96.2 Å². The maximum atomic E-state index is 12.5. The average Bonchev–Trinajstić information content (AvgIpc) is 3.18. The molecule has 0 aliphatic heterocycles. The number of rotatable bonds is 6. The lowest BCUT2D eigenvalue weighted by Gasteiger charge is -2.08. The van der Waals surface area contributed by atoms with E-state index in [9.17, 15) is 10.0 Å². The summed E-state index contributed by atoms with van der Waals surface area (Å²) in [5, 5.41) is 19.8. The number of nitrogens with one attached hydrogen (secondary N) is 1. The first-order chi connectivity index (χ1) is 14.2. The zero-order valence-corrected chi connectivity index (χ0v) is 16.3. The van der Waals surface area contributed by atoms with E-state index in [1.54, 1.807) is 22.9 Å². The van der Waals surface area contributed by atoms with E-state index in [1.807, 2.05) is 66.7 Å². The molecule has 0 atom stereocenters. The Balaban J connectivity index is 1.57. The fraction of sp³-hybridized carbons (Fsp3) is 0.0455. The van der Waals surface area contributed by atoms with Gasteiger partial charge in [-0.25, -0.2) is 4.68 Å². The third-order valence-electron chi connectivity index (χ3n) is 4.19. The maximum Gasteiger partial charge on any atom is 0.251 e. The summed E-state index contributed by atoms with van der Waals surface area (Å²) >= 11 is 1.19. The summed E-state index contributed by atoms with van der Waals surface area (Å²) in [5.74, 6) is 0.478. The highest BCUT2D eigenvalue weighted by Gasteiger charge is 2.15. The fourth-order valence-electron chi connectivity index (χ4n) is 2.83. The molecular formula is C22H18N4O2S. The molecule has 2 aromatic carbocycles. The van der Waals surface area contributed by atoms with Crippen LogP contribution < -0.4 is 10.0 Å². The summed E-state index contributed by atoms with van der Waals surface area (Å²) in [6, 6.07) is 26.4. The Morgan fingerprint density at radius 2 is 1.69 bits per heavy atom. The van der Waals surface area contributed by atoms with E-state index in [2.05, 4.69) is 10.4 Å². The van der Waals surface area contributed by atoms with E-state index in [-0.39, 0.29) is 11.7 Å². The lowest BCUT2D eigenvalue weighted by molar-refractivity contribution is -0.645. The molecule has 0 radical (unpaired) electrons. The molecule has 0 saturated heterocycles. The lowest BCUT2D eigenvalue weighted by Crippen LogP contribution is -2.28. The highest BCUT2D eigenvalue weighted by atomic mass is 32.2. The van der Waals surface area contributed by atoms with Crippen LogP contribution in [0.25, 0.3) is 16.9 Å². The number of benzene rings is 2. The molecule has 1 amide bonds. The Kier molecular flexibility index (Phi) is 5.58. The molecule has 144 valence electrons. The van der Waals surface area contributed by atoms with Crippen LogP contribution in [0.2, 0.25) is 0 Å². The molecule has 0 unspecified atom stereocenters. The van der Waals surface area contributed by atoms with Gasteiger partial charge in [-0.05, 0) is 30.0 Å². The van der Waals surface area contributed by atoms with Gasteiger partial charge < -0.3 is 10.5 Å². The number of amides is 1. The van der Waals surface area contributed by atoms with Crippen LogP contribution in [0.1, 0.15) is 0 Å². The first kappa shape index (κ1) is 18.8. The monoisotopic (exact) mass is 402 g/mol. The van der Waals surface area contributed by atoms with E-state index in [0.29, 0.717) is 10.8 Å². The van der Waals surface area contributed by atoms with Crippen molar-refractivity contribution < 1.29 is 9.52 Å². The molecule has 4 aromatic rings. The van der Waals surface area contributed by atoms with Gasteiger partial charge in [0.1, 0.15) is 5.82 Å². The van der Waals surface area contributed by atoms with E-state index in [0.717, 1.165) is 21.7 Å². The van der Waals surface area contributed by atoms with Gasteiger partial charge in [0.15, 0.2) is 6.20 Å². The van der Waals surface area contributed by atoms with E-state index < -0.39 is 0 Å². The molecule has 1 N–H and O–H groups in total. The lowest BCUT2D eigenvalue weighted by atomic mass is 10.2. The minimum atomic E-state index is -0.212. The van der Waals surface area contributed by atoms with Crippen LogP contribution in [-0.4, -0.2) is 21.4 Å². The molecule has 0 bridgehead atoms. The summed E-state index contributed by atoms with van der Waals surface area (Å²) in [6.07, 6.45) is 1.41. The van der Waals surface area contributed by atoms with Crippen molar-refractivity contribution in [2.45, 2.75) is 5.03 Å². The second kappa shape index (κ2) is 8.62. The number of hydrogen-bond donors (Lipinski definition) is 1. The number of carbonyl (C=O) groups is 1. The molecule has 0 saturated carbocycles. The predicted molar refractivity (Wildman–Crippen MR) is 114 cm³/mol. The SMILES string of the molecule is O=C(CSc1cccc[n+]1[O-])Nc1cc(-c2ccccc2)nn1-c1ccccc1. The number of anilines is 1. The largest absolute Gasteiger partial charge is 0.618 e. The quantitative estimate of drug-likeness (QED) is 0.302. The summed E-state index contributed by atoms with van der Waals surface area (Å²) in [4.78, 5) is 12.5. The first-order valence-corrected chi connectivity index (χ1v) is 10.0. The second-order valence-corrected chi connectivity index (χ2v) is 7.23. The van der Waals surface area contributed by atoms with Crippen LogP contribution in [0, 0.1) is 5.21 Å². The first-order valence-electron chi connectivity index (χ1n) is 9.02. The standard InChI is InChI=1S/C22H18N4O2S/c27-21(16-29-22-13-7-8-14-25(22)28)23-20-15-19(17-9-3-1-4-10-17)24-26(20)18-11-5-2-6-12-18/h1-15H,16H2,(H,23,27). The van der Waals surface area contributed by atoms with Crippen molar-refractivity contribution in [3.8, 4) is 16.9 Å². The number of thioether (sulfide) groups is 1. The summed E-state index contributed by atoms with van der Waals surface area (Å²) < 4.78 is 2.46. The molecular weight excluding hydrogens is 384 g/mol. The zero-order valence-electron chi connectivity index (χ0n) is 15.4. The molecule has 4 rings (SSSR count). The Morgan fingerprint density at radius 3 is 2.41 bits per heavy atom. The van der Waals surface area contributed by atoms with Crippen LogP contribution >= 0.6 is 11.8 Å². The Bertz CT molecular complexity index is 1110. The van der Waals surface area contributed by atoms with Gasteiger partial charge in [0, 0.05) is 23.8 Å². The van der Waals surface area contributed by atoms with Crippen LogP contribution in [0.4, 0.5) is 5.82 Å². The maximum absolute atomic E-state index is 12.5. The smallest absolute Gasteiger partial charge is 0.251 e. The van der Waals surface area contributed by atoms with Gasteiger partial charge >= 0.3 is 0 Å². The van der Waals surface area contributed by atoms with Crippen molar-refractivity contribution in [3.05, 3.63) is 96.3 Å². The van der Waals surface area contributed by atoms with Gasteiger partial charge in [-0.2, -0.15) is 9.83 Å². The normalized spacial score (nSPS) is 10.6. The number of hydrogen-bond acceptors (Lipinski definition) is 4. The van der Waals surface area contributed by atoms with Crippen molar-refractivity contribution in [2.75, 3.05) is 11.1 Å². The molecule has 2 heterocycles. The van der Waals surface area contributed by atoms with Crippen molar-refractivity contribution in [1.29, 1.82) is 0 Å². The molecule has 0 spiro atoms. The van der Waals surface area contributed by atoms with E-state index in [4.69, 9.17) is 0 Å².